The number of guanidine groups is 1. The van der Waals surface area contributed by atoms with Gasteiger partial charge in [0.05, 0.1) is 12.2 Å². The summed E-state index contributed by atoms with van der Waals surface area (Å²) in [6.45, 7) is 2.58. The van der Waals surface area contributed by atoms with E-state index >= 15 is 0 Å². The maximum atomic E-state index is 8.66. The van der Waals surface area contributed by atoms with Gasteiger partial charge in [0.25, 0.3) is 5.82 Å². The summed E-state index contributed by atoms with van der Waals surface area (Å²) in [4.78, 5) is 7.21. The summed E-state index contributed by atoms with van der Waals surface area (Å²) in [5.41, 5.74) is 0.939. The second-order valence-electron chi connectivity index (χ2n) is 3.06. The van der Waals surface area contributed by atoms with E-state index in [2.05, 4.69) is 33.2 Å². The lowest BCUT2D eigenvalue weighted by atomic mass is 10.4. The Morgan fingerprint density at radius 1 is 1.75 bits per heavy atom. The highest BCUT2D eigenvalue weighted by atomic mass is 32.1. The number of aromatic nitrogens is 2. The lowest BCUT2D eigenvalue weighted by Gasteiger charge is -2.08. The van der Waals surface area contributed by atoms with E-state index < -0.39 is 0 Å². The molecule has 0 radical (unpaired) electrons. The molecule has 1 aromatic heterocycles. The molecular formula is C9H15N6S+. The van der Waals surface area contributed by atoms with Gasteiger partial charge in [-0.15, -0.1) is 4.98 Å². The van der Waals surface area contributed by atoms with Gasteiger partial charge < -0.3 is 4.98 Å². The number of rotatable bonds is 3. The summed E-state index contributed by atoms with van der Waals surface area (Å²) in [7, 11) is 1.74. The molecule has 0 aromatic carbocycles. The van der Waals surface area contributed by atoms with Gasteiger partial charge in [-0.05, 0) is 6.92 Å². The lowest BCUT2D eigenvalue weighted by Crippen LogP contribution is -2.40. The summed E-state index contributed by atoms with van der Waals surface area (Å²) in [6.07, 6.45) is 3.51. The van der Waals surface area contributed by atoms with Crippen molar-refractivity contribution in [2.45, 2.75) is 6.92 Å². The van der Waals surface area contributed by atoms with Crippen LogP contribution in [-0.4, -0.2) is 39.8 Å². The zero-order valence-electron chi connectivity index (χ0n) is 9.28. The molecule has 0 saturated carbocycles. The molecule has 3 N–H and O–H groups in total. The summed E-state index contributed by atoms with van der Waals surface area (Å²) in [6, 6.07) is 0. The van der Waals surface area contributed by atoms with Crippen molar-refractivity contribution in [3.8, 4) is 6.19 Å². The van der Waals surface area contributed by atoms with Crippen LogP contribution in [0.5, 0.6) is 0 Å². The first kappa shape index (κ1) is 12.4. The number of aryl methyl sites for hydroxylation is 1. The molecule has 6 nitrogen and oxygen atoms in total. The molecule has 0 atom stereocenters. The third-order valence-corrected chi connectivity index (χ3v) is 2.26. The van der Waals surface area contributed by atoms with Crippen molar-refractivity contribution >= 4 is 24.4 Å². The van der Waals surface area contributed by atoms with E-state index in [1.165, 1.54) is 0 Å². The summed E-state index contributed by atoms with van der Waals surface area (Å²) >= 11 is 4.20. The van der Waals surface area contributed by atoms with Gasteiger partial charge in [-0.25, -0.2) is 4.58 Å². The third-order valence-electron chi connectivity index (χ3n) is 2.06. The first-order valence-corrected chi connectivity index (χ1v) is 5.46. The minimum atomic E-state index is 0.590. The van der Waals surface area contributed by atoms with Gasteiger partial charge in [-0.2, -0.15) is 23.2 Å². The van der Waals surface area contributed by atoms with Gasteiger partial charge in [0, 0.05) is 12.8 Å². The highest BCUT2D eigenvalue weighted by molar-refractivity contribution is 7.80. The second-order valence-corrected chi connectivity index (χ2v) is 3.51. The molecule has 0 spiro atoms. The zero-order chi connectivity index (χ0) is 12.0. The molecule has 0 bridgehead atoms. The van der Waals surface area contributed by atoms with Gasteiger partial charge in [0.1, 0.15) is 0 Å². The molecule has 1 heterocycles. The van der Waals surface area contributed by atoms with Crippen LogP contribution < -0.4 is 10.6 Å². The van der Waals surface area contributed by atoms with E-state index in [0.717, 1.165) is 11.5 Å². The van der Waals surface area contributed by atoms with Crippen LogP contribution in [0.2, 0.25) is 0 Å². The molecule has 86 valence electrons. The molecule has 0 saturated heterocycles. The third kappa shape index (κ3) is 2.67. The lowest BCUT2D eigenvalue weighted by molar-refractivity contribution is -0.443. The van der Waals surface area contributed by atoms with Gasteiger partial charge in [0.15, 0.2) is 6.33 Å². The SMILES string of the molecule is CNC(NC#N)=[N+](CCS)c1nc[nH]c1C. The van der Waals surface area contributed by atoms with Gasteiger partial charge in [-0.3, -0.25) is 5.32 Å². The molecule has 7 heteroatoms. The monoisotopic (exact) mass is 239 g/mol. The van der Waals surface area contributed by atoms with Crippen LogP contribution in [0, 0.1) is 18.4 Å². The van der Waals surface area contributed by atoms with Crippen molar-refractivity contribution in [2.24, 2.45) is 0 Å². The van der Waals surface area contributed by atoms with Gasteiger partial charge in [-0.1, -0.05) is 0 Å². The Bertz CT molecular complexity index is 416. The average Bonchev–Trinajstić information content (AvgIpc) is 2.69. The fourth-order valence-electron chi connectivity index (χ4n) is 1.37. The van der Waals surface area contributed by atoms with Crippen LogP contribution in [0.1, 0.15) is 5.69 Å². The van der Waals surface area contributed by atoms with Crippen LogP contribution in [0.25, 0.3) is 0 Å². The second kappa shape index (κ2) is 6.02. The minimum absolute atomic E-state index is 0.590. The van der Waals surface area contributed by atoms with Crippen molar-refractivity contribution in [1.29, 1.82) is 5.26 Å². The fourth-order valence-corrected chi connectivity index (χ4v) is 1.57. The molecule has 1 aromatic rings. The minimum Gasteiger partial charge on any atom is -0.335 e. The number of H-pyrrole nitrogens is 1. The predicted octanol–water partition coefficient (Wildman–Crippen LogP) is -0.0620. The number of thiol groups is 1. The smallest absolute Gasteiger partial charge is 0.323 e. The van der Waals surface area contributed by atoms with Gasteiger partial charge >= 0.3 is 5.96 Å². The molecule has 0 amide bonds. The Kier molecular flexibility index (Phi) is 4.66. The Morgan fingerprint density at radius 2 is 2.50 bits per heavy atom. The number of nitriles is 1. The number of imidazole rings is 1. The van der Waals surface area contributed by atoms with Crippen molar-refractivity contribution in [2.75, 3.05) is 19.3 Å². The van der Waals surface area contributed by atoms with Gasteiger partial charge in [0.2, 0.25) is 6.19 Å². The zero-order valence-corrected chi connectivity index (χ0v) is 10.2. The molecule has 0 unspecified atom stereocenters. The Hall–Kier alpha value is -1.68. The van der Waals surface area contributed by atoms with Crippen molar-refractivity contribution in [3.63, 3.8) is 0 Å². The fraction of sp³-hybridized carbons (Fsp3) is 0.444. The topological polar surface area (TPSA) is 79.5 Å². The summed E-state index contributed by atoms with van der Waals surface area (Å²) in [5.74, 6) is 2.03. The first-order chi connectivity index (χ1) is 7.74. The van der Waals surface area contributed by atoms with E-state index in [4.69, 9.17) is 5.26 Å². The number of nitrogens with one attached hydrogen (secondary N) is 3. The van der Waals surface area contributed by atoms with Crippen molar-refractivity contribution in [3.05, 3.63) is 12.0 Å². The highest BCUT2D eigenvalue weighted by Gasteiger charge is 2.16. The van der Waals surface area contributed by atoms with E-state index in [1.807, 2.05) is 17.7 Å². The van der Waals surface area contributed by atoms with Crippen LogP contribution in [0.3, 0.4) is 0 Å². The maximum Gasteiger partial charge on any atom is 0.323 e. The number of hydrogen-bond acceptors (Lipinski definition) is 3. The Labute approximate surface area is 99.8 Å². The highest BCUT2D eigenvalue weighted by Crippen LogP contribution is 2.11. The number of hydrogen-bond donors (Lipinski definition) is 4. The van der Waals surface area contributed by atoms with Crippen LogP contribution >= 0.6 is 12.6 Å². The van der Waals surface area contributed by atoms with Crippen LogP contribution in [0.4, 0.5) is 5.82 Å². The maximum absolute atomic E-state index is 8.66. The summed E-state index contributed by atoms with van der Waals surface area (Å²) < 4.78 is 1.86. The standard InChI is InChI=1S/C9H14N6S/c1-7-8(14-6-13-7)15(3-4-16)9(11-2)12-5-10/h6H,3-4H2,1-2H3,(H3,11,12,13,14,16)/p+1. The molecule has 16 heavy (non-hydrogen) atoms. The molecule has 1 rings (SSSR count). The molecule has 0 aliphatic carbocycles. The molecule has 0 aliphatic rings. The Balaban J connectivity index is 3.16. The van der Waals surface area contributed by atoms with Crippen molar-refractivity contribution in [1.82, 2.24) is 20.6 Å². The quantitative estimate of drug-likeness (QED) is 0.149. The first-order valence-electron chi connectivity index (χ1n) is 4.82. The largest absolute Gasteiger partial charge is 0.335 e. The van der Waals surface area contributed by atoms with Crippen molar-refractivity contribution < 1.29 is 4.58 Å². The van der Waals surface area contributed by atoms with E-state index in [9.17, 15) is 0 Å². The number of nitrogens with zero attached hydrogens (tertiary/aromatic N) is 3. The van der Waals surface area contributed by atoms with Crippen LogP contribution in [0.15, 0.2) is 6.33 Å². The predicted molar refractivity (Wildman–Crippen MR) is 64.8 cm³/mol. The van der Waals surface area contributed by atoms with Crippen LogP contribution in [-0.2, 0) is 0 Å². The van der Waals surface area contributed by atoms with E-state index in [-0.39, 0.29) is 0 Å². The average molecular weight is 239 g/mol. The molecule has 0 fully saturated rings. The molecule has 0 aliphatic heterocycles. The summed E-state index contributed by atoms with van der Waals surface area (Å²) in [5, 5.41) is 14.2. The Morgan fingerprint density at radius 3 is 2.94 bits per heavy atom. The molecular weight excluding hydrogens is 224 g/mol. The number of aromatic amines is 1. The normalized spacial score (nSPS) is 11.6. The van der Waals surface area contributed by atoms with E-state index in [0.29, 0.717) is 18.3 Å². The van der Waals surface area contributed by atoms with E-state index in [1.54, 1.807) is 13.4 Å².